The van der Waals surface area contributed by atoms with Gasteiger partial charge in [-0.2, -0.15) is 9.46 Å². The van der Waals surface area contributed by atoms with Gasteiger partial charge in [0.2, 0.25) is 0 Å². The van der Waals surface area contributed by atoms with E-state index in [2.05, 4.69) is 0 Å². The molecule has 0 unspecified atom stereocenters. The third kappa shape index (κ3) is 7.63. The zero-order chi connectivity index (χ0) is 28.4. The summed E-state index contributed by atoms with van der Waals surface area (Å²) in [6, 6.07) is 0. The fourth-order valence-electron chi connectivity index (χ4n) is 2.25. The Kier molecular flexibility index (Phi) is 14.3. The Morgan fingerprint density at radius 1 is 0.389 bits per heavy atom. The number of benzene rings is 2. The molecule has 36 heavy (non-hydrogen) atoms. The van der Waals surface area contributed by atoms with E-state index in [1.165, 1.54) is 136 Å². The molecule has 2 aromatic carbocycles. The average Bonchev–Trinajstić information content (AvgIpc) is 2.87. The SMILES string of the molecule is Cc1c(C)[n+]([O-])c(C)c(C)[n+]1[O-].Fc1c(I)c(F)c(I)c(F)c1I.Fc1c(I)c(F)c(I)c(F)c1I. The standard InChI is InChI=1S/C8H12N2O2.2C6F3I3/c1-5-6(2)10(12)8(4)7(3)9(5)11;2*7-1-4(10)2(8)6(12)3(9)5(1)11/h1-4H3;;. The van der Waals surface area contributed by atoms with Crippen LogP contribution in [-0.4, -0.2) is 0 Å². The first kappa shape index (κ1) is 35.1. The molecule has 0 aliphatic heterocycles. The van der Waals surface area contributed by atoms with Gasteiger partial charge in [-0.25, -0.2) is 26.3 Å². The number of aromatic nitrogens is 2. The van der Waals surface area contributed by atoms with Crippen LogP contribution in [0.4, 0.5) is 26.3 Å². The predicted molar refractivity (Wildman–Crippen MR) is 172 cm³/mol. The Morgan fingerprint density at radius 2 is 0.500 bits per heavy atom. The molecule has 0 atom stereocenters. The van der Waals surface area contributed by atoms with Crippen molar-refractivity contribution in [3.8, 4) is 0 Å². The first-order valence-electron chi connectivity index (χ1n) is 9.03. The molecule has 3 rings (SSSR count). The molecule has 0 N–H and O–H groups in total. The lowest BCUT2D eigenvalue weighted by atomic mass is 10.3. The van der Waals surface area contributed by atoms with Crippen molar-refractivity contribution in [2.75, 3.05) is 0 Å². The summed E-state index contributed by atoms with van der Waals surface area (Å²) in [4.78, 5) is 0. The minimum absolute atomic E-state index is 0.164. The highest BCUT2D eigenvalue weighted by Crippen LogP contribution is 2.29. The van der Waals surface area contributed by atoms with Gasteiger partial charge in [0.1, 0.15) is 0 Å². The quantitative estimate of drug-likeness (QED) is 0.0573. The summed E-state index contributed by atoms with van der Waals surface area (Å²) < 4.78 is 78.2. The molecule has 198 valence electrons. The molecule has 0 radical (unpaired) electrons. The summed E-state index contributed by atoms with van der Waals surface area (Å²) in [6.45, 7) is 6.57. The second kappa shape index (κ2) is 14.6. The molecule has 3 aromatic rings. The Labute approximate surface area is 284 Å². The van der Waals surface area contributed by atoms with Gasteiger partial charge in [0, 0.05) is 27.7 Å². The van der Waals surface area contributed by atoms with Crippen LogP contribution in [0, 0.1) is 94.4 Å². The van der Waals surface area contributed by atoms with Crippen LogP contribution in [-0.2, 0) is 0 Å². The number of hydrogen-bond donors (Lipinski definition) is 0. The molecule has 0 aliphatic carbocycles. The van der Waals surface area contributed by atoms with Crippen molar-refractivity contribution in [2.45, 2.75) is 27.7 Å². The van der Waals surface area contributed by atoms with E-state index in [1.807, 2.05) is 0 Å². The van der Waals surface area contributed by atoms with E-state index >= 15 is 0 Å². The number of nitrogens with zero attached hydrogens (tertiary/aromatic N) is 2. The molecule has 0 amide bonds. The molecule has 4 nitrogen and oxygen atoms in total. The van der Waals surface area contributed by atoms with Gasteiger partial charge in [-0.3, -0.25) is 0 Å². The molecule has 0 spiro atoms. The van der Waals surface area contributed by atoms with Crippen LogP contribution in [0.2, 0.25) is 0 Å². The lowest BCUT2D eigenvalue weighted by Crippen LogP contribution is -2.47. The van der Waals surface area contributed by atoms with E-state index in [-0.39, 0.29) is 21.4 Å². The molecule has 1 heterocycles. The van der Waals surface area contributed by atoms with E-state index in [0.29, 0.717) is 22.8 Å². The lowest BCUT2D eigenvalue weighted by molar-refractivity contribution is -0.682. The fraction of sp³-hybridized carbons (Fsp3) is 0.200. The third-order valence-electron chi connectivity index (χ3n) is 4.58. The van der Waals surface area contributed by atoms with Gasteiger partial charge >= 0.3 is 0 Å². The molecular formula is C20H12F6I6N2O2. The highest BCUT2D eigenvalue weighted by molar-refractivity contribution is 14.1. The van der Waals surface area contributed by atoms with Gasteiger partial charge in [-0.1, -0.05) is 0 Å². The van der Waals surface area contributed by atoms with Crippen LogP contribution in [0.1, 0.15) is 22.8 Å². The predicted octanol–water partition coefficient (Wildman–Crippen LogP) is 8.02. The van der Waals surface area contributed by atoms with Crippen LogP contribution in [0.5, 0.6) is 0 Å². The zero-order valence-electron chi connectivity index (χ0n) is 18.2. The average molecular weight is 1190 g/mol. The molecule has 1 aromatic heterocycles. The van der Waals surface area contributed by atoms with Crippen molar-refractivity contribution >= 4 is 136 Å². The maximum Gasteiger partial charge on any atom is 0.258 e. The second-order valence-corrected chi connectivity index (χ2v) is 13.2. The summed E-state index contributed by atoms with van der Waals surface area (Å²) in [6.07, 6.45) is 0. The summed E-state index contributed by atoms with van der Waals surface area (Å²) in [5, 5.41) is 22.7. The van der Waals surface area contributed by atoms with Crippen molar-refractivity contribution in [3.63, 3.8) is 0 Å². The van der Waals surface area contributed by atoms with Crippen molar-refractivity contribution in [2.24, 2.45) is 0 Å². The van der Waals surface area contributed by atoms with Crippen molar-refractivity contribution in [1.82, 2.24) is 0 Å². The number of halogens is 12. The van der Waals surface area contributed by atoms with Gasteiger partial charge in [0.05, 0.1) is 21.4 Å². The molecular weight excluding hydrogens is 1180 g/mol. The Hall–Kier alpha value is 1.08. The Morgan fingerprint density at radius 3 is 0.611 bits per heavy atom. The summed E-state index contributed by atoms with van der Waals surface area (Å²) in [5.74, 6) is -4.96. The van der Waals surface area contributed by atoms with Gasteiger partial charge < -0.3 is 10.4 Å². The molecule has 0 aliphatic rings. The maximum absolute atomic E-state index is 12.9. The first-order valence-corrected chi connectivity index (χ1v) is 15.5. The van der Waals surface area contributed by atoms with Crippen molar-refractivity contribution < 1.29 is 35.8 Å². The van der Waals surface area contributed by atoms with E-state index < -0.39 is 34.9 Å². The summed E-state index contributed by atoms with van der Waals surface area (Å²) >= 11 is 9.06. The third-order valence-corrected chi connectivity index (χ3v) is 10.3. The molecule has 0 bridgehead atoms. The number of rotatable bonds is 0. The van der Waals surface area contributed by atoms with Gasteiger partial charge in [0.25, 0.3) is 22.8 Å². The number of hydrogen-bond acceptors (Lipinski definition) is 2. The lowest BCUT2D eigenvalue weighted by Gasteiger charge is -2.09. The van der Waals surface area contributed by atoms with Gasteiger partial charge in [0.15, 0.2) is 34.9 Å². The first-order chi connectivity index (χ1) is 16.4. The topological polar surface area (TPSA) is 53.9 Å². The largest absolute Gasteiger partial charge is 0.618 e. The van der Waals surface area contributed by atoms with Crippen LogP contribution in [0.25, 0.3) is 0 Å². The fourth-order valence-corrected chi connectivity index (χ4v) is 8.58. The Bertz CT molecular complexity index is 868. The van der Waals surface area contributed by atoms with E-state index in [9.17, 15) is 36.8 Å². The molecule has 0 saturated carbocycles. The molecule has 16 heteroatoms. The highest BCUT2D eigenvalue weighted by atomic mass is 127. The van der Waals surface area contributed by atoms with Crippen molar-refractivity contribution in [3.05, 3.63) is 89.5 Å². The van der Waals surface area contributed by atoms with Gasteiger partial charge in [-0.05, 0) is 136 Å². The van der Waals surface area contributed by atoms with Crippen LogP contribution in [0.3, 0.4) is 0 Å². The van der Waals surface area contributed by atoms with Crippen molar-refractivity contribution in [1.29, 1.82) is 0 Å². The van der Waals surface area contributed by atoms with E-state index in [1.54, 1.807) is 27.7 Å². The van der Waals surface area contributed by atoms with Crippen LogP contribution < -0.4 is 9.46 Å². The summed E-state index contributed by atoms with van der Waals surface area (Å²) in [5.41, 5.74) is 1.86. The second-order valence-electron chi connectivity index (χ2n) is 6.70. The van der Waals surface area contributed by atoms with Crippen LogP contribution >= 0.6 is 136 Å². The van der Waals surface area contributed by atoms with E-state index in [4.69, 9.17) is 0 Å². The summed E-state index contributed by atoms with van der Waals surface area (Å²) in [7, 11) is 0. The minimum Gasteiger partial charge on any atom is -0.618 e. The van der Waals surface area contributed by atoms with E-state index in [0.717, 1.165) is 9.46 Å². The maximum atomic E-state index is 12.9. The Balaban J connectivity index is 0.000000270. The van der Waals surface area contributed by atoms with Gasteiger partial charge in [-0.15, -0.1) is 0 Å². The highest BCUT2D eigenvalue weighted by Gasteiger charge is 2.22. The molecule has 0 saturated heterocycles. The smallest absolute Gasteiger partial charge is 0.258 e. The van der Waals surface area contributed by atoms with Crippen LogP contribution in [0.15, 0.2) is 0 Å². The minimum atomic E-state index is -0.827. The molecule has 0 fully saturated rings. The zero-order valence-corrected chi connectivity index (χ0v) is 31.2. The monoisotopic (exact) mass is 1190 g/mol. The normalized spacial score (nSPS) is 10.4.